The lowest BCUT2D eigenvalue weighted by atomic mass is 10.2. The topological polar surface area (TPSA) is 63.8 Å². The zero-order valence-electron chi connectivity index (χ0n) is 6.62. The molecule has 0 aromatic carbocycles. The van der Waals surface area contributed by atoms with Crippen LogP contribution in [-0.4, -0.2) is 16.5 Å². The molecule has 0 atom stereocenters. The molecule has 4 nitrogen and oxygen atoms in total. The first kappa shape index (κ1) is 7.09. The van der Waals surface area contributed by atoms with E-state index in [1.165, 1.54) is 6.33 Å². The average Bonchev–Trinajstić information content (AvgIpc) is 2.30. The van der Waals surface area contributed by atoms with Gasteiger partial charge in [0.05, 0.1) is 5.69 Å². The molecule has 12 heavy (non-hydrogen) atoms. The molecule has 2 rings (SSSR count). The van der Waals surface area contributed by atoms with Crippen LogP contribution in [0.15, 0.2) is 12.5 Å². The largest absolute Gasteiger partial charge is 0.390 e. The van der Waals surface area contributed by atoms with Gasteiger partial charge in [-0.15, -0.1) is 0 Å². The van der Waals surface area contributed by atoms with Crippen molar-refractivity contribution in [2.75, 3.05) is 12.3 Å². The molecular formula is C8H10N4. The van der Waals surface area contributed by atoms with Crippen molar-refractivity contribution in [1.29, 1.82) is 0 Å². The minimum absolute atomic E-state index is 0.556. The summed E-state index contributed by atoms with van der Waals surface area (Å²) < 4.78 is 0. The summed E-state index contributed by atoms with van der Waals surface area (Å²) in [5.74, 6) is 0.556. The Morgan fingerprint density at radius 1 is 1.42 bits per heavy atom. The second-order valence-corrected chi connectivity index (χ2v) is 2.66. The molecule has 1 aromatic rings. The fourth-order valence-corrected chi connectivity index (χ4v) is 1.24. The zero-order valence-corrected chi connectivity index (χ0v) is 6.62. The fraction of sp³-hybridized carbons (Fsp3) is 0.250. The number of nitrogens with two attached hydrogens (primary N) is 1. The minimum atomic E-state index is 0.556. The summed E-state index contributed by atoms with van der Waals surface area (Å²) in [4.78, 5) is 8.08. The lowest BCUT2D eigenvalue weighted by molar-refractivity contribution is 0.819. The van der Waals surface area contributed by atoms with Gasteiger partial charge in [0.1, 0.15) is 12.1 Å². The summed E-state index contributed by atoms with van der Waals surface area (Å²) in [6, 6.07) is 0. The summed E-state index contributed by atoms with van der Waals surface area (Å²) >= 11 is 0. The van der Waals surface area contributed by atoms with Gasteiger partial charge in [0.15, 0.2) is 0 Å². The van der Waals surface area contributed by atoms with Gasteiger partial charge >= 0.3 is 0 Å². The predicted octanol–water partition coefficient (Wildman–Crippen LogP) is 0.175. The molecule has 0 saturated carbocycles. The van der Waals surface area contributed by atoms with Gasteiger partial charge in [-0.25, -0.2) is 9.97 Å². The average molecular weight is 162 g/mol. The Balaban J connectivity index is 2.53. The number of rotatable bonds is 0. The number of hydrogen-bond donors (Lipinski definition) is 2. The molecule has 1 aliphatic rings. The van der Waals surface area contributed by atoms with Crippen LogP contribution in [0.1, 0.15) is 11.3 Å². The maximum Gasteiger partial charge on any atom is 0.134 e. The Kier molecular flexibility index (Phi) is 1.66. The van der Waals surface area contributed by atoms with Gasteiger partial charge in [0, 0.05) is 18.5 Å². The van der Waals surface area contributed by atoms with E-state index < -0.39 is 0 Å². The van der Waals surface area contributed by atoms with Crippen LogP contribution >= 0.6 is 0 Å². The molecule has 0 bridgehead atoms. The Morgan fingerprint density at radius 3 is 3.25 bits per heavy atom. The van der Waals surface area contributed by atoms with Crippen molar-refractivity contribution < 1.29 is 0 Å². The summed E-state index contributed by atoms with van der Waals surface area (Å²) in [7, 11) is 0. The molecule has 0 amide bonds. The quantitative estimate of drug-likeness (QED) is 0.571. The molecule has 0 spiro atoms. The van der Waals surface area contributed by atoms with E-state index in [0.29, 0.717) is 5.82 Å². The van der Waals surface area contributed by atoms with Gasteiger partial charge in [0.2, 0.25) is 0 Å². The van der Waals surface area contributed by atoms with Gasteiger partial charge in [0.25, 0.3) is 0 Å². The smallest absolute Gasteiger partial charge is 0.134 e. The summed E-state index contributed by atoms with van der Waals surface area (Å²) in [5, 5.41) is 3.12. The molecule has 2 heterocycles. The Morgan fingerprint density at radius 2 is 2.33 bits per heavy atom. The van der Waals surface area contributed by atoms with Gasteiger partial charge < -0.3 is 11.1 Å². The zero-order chi connectivity index (χ0) is 8.39. The molecule has 0 unspecified atom stereocenters. The second-order valence-electron chi connectivity index (χ2n) is 2.66. The Bertz CT molecular complexity index is 319. The summed E-state index contributed by atoms with van der Waals surface area (Å²) in [6.45, 7) is 0.903. The third-order valence-corrected chi connectivity index (χ3v) is 1.87. The molecule has 0 radical (unpaired) electrons. The van der Waals surface area contributed by atoms with E-state index in [-0.39, 0.29) is 0 Å². The highest BCUT2D eigenvalue weighted by Gasteiger charge is 2.07. The van der Waals surface area contributed by atoms with E-state index in [4.69, 9.17) is 5.73 Å². The standard InChI is InChI=1S/C8H10N4/c9-8-6-1-3-10-4-2-7(6)11-5-12-8/h1,3,5,10H,2,4H2,(H2,9,11,12). The van der Waals surface area contributed by atoms with Crippen molar-refractivity contribution in [2.24, 2.45) is 0 Å². The van der Waals surface area contributed by atoms with Gasteiger partial charge in [-0.1, -0.05) is 0 Å². The van der Waals surface area contributed by atoms with Crippen LogP contribution in [0.25, 0.3) is 6.08 Å². The van der Waals surface area contributed by atoms with Gasteiger partial charge in [-0.05, 0) is 12.3 Å². The number of hydrogen-bond acceptors (Lipinski definition) is 4. The molecule has 4 heteroatoms. The van der Waals surface area contributed by atoms with E-state index in [1.54, 1.807) is 0 Å². The second kappa shape index (κ2) is 2.81. The number of fused-ring (bicyclic) bond motifs is 1. The molecule has 1 aliphatic heterocycles. The van der Waals surface area contributed by atoms with Crippen molar-refractivity contribution in [1.82, 2.24) is 15.3 Å². The van der Waals surface area contributed by atoms with E-state index >= 15 is 0 Å². The summed E-state index contributed by atoms with van der Waals surface area (Å²) in [6.07, 6.45) is 6.20. The van der Waals surface area contributed by atoms with Crippen molar-refractivity contribution in [3.8, 4) is 0 Å². The third-order valence-electron chi connectivity index (χ3n) is 1.87. The molecule has 3 N–H and O–H groups in total. The van der Waals surface area contributed by atoms with Crippen molar-refractivity contribution in [3.63, 3.8) is 0 Å². The molecular weight excluding hydrogens is 152 g/mol. The Hall–Kier alpha value is -1.58. The molecule has 0 saturated heterocycles. The predicted molar refractivity (Wildman–Crippen MR) is 47.2 cm³/mol. The van der Waals surface area contributed by atoms with E-state index in [0.717, 1.165) is 24.2 Å². The highest BCUT2D eigenvalue weighted by atomic mass is 14.9. The molecule has 0 fully saturated rings. The number of anilines is 1. The van der Waals surface area contributed by atoms with Crippen LogP contribution in [-0.2, 0) is 6.42 Å². The first-order valence-corrected chi connectivity index (χ1v) is 3.87. The molecule has 0 aliphatic carbocycles. The van der Waals surface area contributed by atoms with Crippen LogP contribution in [0.4, 0.5) is 5.82 Å². The molecule has 62 valence electrons. The van der Waals surface area contributed by atoms with Crippen LogP contribution in [0.2, 0.25) is 0 Å². The lowest BCUT2D eigenvalue weighted by Gasteiger charge is -2.02. The minimum Gasteiger partial charge on any atom is -0.390 e. The first-order chi connectivity index (χ1) is 5.88. The number of nitrogens with one attached hydrogen (secondary N) is 1. The van der Waals surface area contributed by atoms with Crippen molar-refractivity contribution in [3.05, 3.63) is 23.8 Å². The molecule has 1 aromatic heterocycles. The maximum absolute atomic E-state index is 5.68. The van der Waals surface area contributed by atoms with Crippen LogP contribution in [0, 0.1) is 0 Å². The van der Waals surface area contributed by atoms with Crippen LogP contribution in [0.3, 0.4) is 0 Å². The van der Waals surface area contributed by atoms with Gasteiger partial charge in [-0.3, -0.25) is 0 Å². The number of nitrogen functional groups attached to an aromatic ring is 1. The lowest BCUT2D eigenvalue weighted by Crippen LogP contribution is -2.08. The fourth-order valence-electron chi connectivity index (χ4n) is 1.24. The highest BCUT2D eigenvalue weighted by Crippen LogP contribution is 2.15. The van der Waals surface area contributed by atoms with Gasteiger partial charge in [-0.2, -0.15) is 0 Å². The first-order valence-electron chi connectivity index (χ1n) is 3.87. The number of aromatic nitrogens is 2. The Labute approximate surface area is 70.5 Å². The van der Waals surface area contributed by atoms with E-state index in [9.17, 15) is 0 Å². The monoisotopic (exact) mass is 162 g/mol. The maximum atomic E-state index is 5.68. The van der Waals surface area contributed by atoms with E-state index in [1.807, 2.05) is 12.3 Å². The third kappa shape index (κ3) is 1.11. The normalized spacial score (nSPS) is 14.7. The van der Waals surface area contributed by atoms with Crippen LogP contribution in [0.5, 0.6) is 0 Å². The SMILES string of the molecule is Nc1ncnc2c1C=CNCC2. The van der Waals surface area contributed by atoms with Crippen molar-refractivity contribution in [2.45, 2.75) is 6.42 Å². The van der Waals surface area contributed by atoms with Crippen LogP contribution < -0.4 is 11.1 Å². The number of nitrogens with zero attached hydrogens (tertiary/aromatic N) is 2. The highest BCUT2D eigenvalue weighted by molar-refractivity contribution is 5.63. The van der Waals surface area contributed by atoms with E-state index in [2.05, 4.69) is 15.3 Å². The summed E-state index contributed by atoms with van der Waals surface area (Å²) in [5.41, 5.74) is 7.64. The van der Waals surface area contributed by atoms with Crippen molar-refractivity contribution >= 4 is 11.9 Å².